The number of benzene rings is 8. The van der Waals surface area contributed by atoms with Crippen molar-refractivity contribution in [2.24, 2.45) is 0 Å². The van der Waals surface area contributed by atoms with Gasteiger partial charge in [-0.15, -0.1) is 0 Å². The van der Waals surface area contributed by atoms with Gasteiger partial charge in [0.2, 0.25) is 0 Å². The molecule has 6 aliphatic rings. The maximum Gasteiger partial charge on any atom is 0.252 e. The van der Waals surface area contributed by atoms with Crippen LogP contribution in [0.3, 0.4) is 0 Å². The second-order valence-electron chi connectivity index (χ2n) is 33.5. The van der Waals surface area contributed by atoms with Crippen molar-refractivity contribution < 1.29 is 0 Å². The monoisotopic (exact) mass is 1130 g/mol. The van der Waals surface area contributed by atoms with E-state index in [9.17, 15) is 0 Å². The quantitative estimate of drug-likeness (QED) is 0.163. The molecule has 0 saturated heterocycles. The highest BCUT2D eigenvalue weighted by molar-refractivity contribution is 7.00. The lowest BCUT2D eigenvalue weighted by molar-refractivity contribution is 0.245. The second kappa shape index (κ2) is 18.4. The van der Waals surface area contributed by atoms with Crippen molar-refractivity contribution in [1.82, 2.24) is 0 Å². The van der Waals surface area contributed by atoms with Crippen molar-refractivity contribution in [3.8, 4) is 11.1 Å². The number of hydrogen-bond donors (Lipinski definition) is 0. The highest BCUT2D eigenvalue weighted by Crippen LogP contribution is 2.65. The Balaban J connectivity index is 1.12. The molecule has 0 fully saturated rings. The van der Waals surface area contributed by atoms with Gasteiger partial charge in [-0.1, -0.05) is 216 Å². The molecule has 0 aromatic heterocycles. The zero-order valence-corrected chi connectivity index (χ0v) is 55.6. The maximum absolute atomic E-state index is 2.80. The van der Waals surface area contributed by atoms with Crippen LogP contribution in [-0.4, -0.2) is 6.71 Å². The summed E-state index contributed by atoms with van der Waals surface area (Å²) in [7, 11) is 0. The molecule has 0 amide bonds. The SMILES string of the molecule is CC(C)(C)c1ccc(N2c3cc(N4c5ccc(C(C)(C)C)cc5C5(C)CCc6ccccc6C45C)ccc3B3c4cc5c(cc4N(c4ccc6c(c4)C(C)(C)CCC6(C)C)c4cc(C(C)(C)C)cc2c43)C(C)(C)CCC5(C)C)c(-c2ccccc2)c1. The summed E-state index contributed by atoms with van der Waals surface area (Å²) in [6.07, 6.45) is 6.80. The molecule has 4 heteroatoms. The van der Waals surface area contributed by atoms with Crippen LogP contribution >= 0.6 is 0 Å². The summed E-state index contributed by atoms with van der Waals surface area (Å²) in [6.45, 7) is 46.6. The maximum atomic E-state index is 2.80. The zero-order valence-electron chi connectivity index (χ0n) is 55.6. The average Bonchev–Trinajstić information content (AvgIpc) is 1.33. The van der Waals surface area contributed by atoms with Crippen LogP contribution in [0, 0.1) is 0 Å². The van der Waals surface area contributed by atoms with E-state index in [-0.39, 0.29) is 55.6 Å². The normalized spacial score (nSPS) is 21.8. The topological polar surface area (TPSA) is 9.72 Å². The van der Waals surface area contributed by atoms with E-state index in [1.807, 2.05) is 0 Å². The average molecular weight is 1130 g/mol. The van der Waals surface area contributed by atoms with Crippen LogP contribution in [0.2, 0.25) is 0 Å². The van der Waals surface area contributed by atoms with Crippen molar-refractivity contribution in [3.63, 3.8) is 0 Å². The lowest BCUT2D eigenvalue weighted by atomic mass is 9.33. The Labute approximate surface area is 517 Å². The standard InChI is InChI=1S/C82H94BN3/c1-74(2,3)53-29-35-67(58(43-53)51-25-21-20-22-26-51)85-69-48-57(86-68-36-30-54(75(4,5)6)44-64(68)81(18)38-37-52-27-23-24-28-59(52)82(81,86)19)32-34-65(69)83-66-49-62-63(80(16,17)42-41-79(62,14)15)50-70(66)84(71-45-55(76(7,8)9)46-72(85)73(71)83)56-31-33-60-61(47-56)78(12,13)40-39-77(60,10)11/h20-36,43-50H,37-42H2,1-19H3. The van der Waals surface area contributed by atoms with Gasteiger partial charge in [0.25, 0.3) is 6.71 Å². The first-order valence-corrected chi connectivity index (χ1v) is 32.7. The molecule has 8 aromatic rings. The molecule has 3 heterocycles. The molecule has 0 saturated carbocycles. The van der Waals surface area contributed by atoms with E-state index in [0.29, 0.717) is 0 Å². The van der Waals surface area contributed by atoms with Crippen molar-refractivity contribution in [2.75, 3.05) is 14.7 Å². The number of anilines is 8. The third kappa shape index (κ3) is 8.25. The molecule has 86 heavy (non-hydrogen) atoms. The minimum absolute atomic E-state index is 0.00644. The molecule has 3 aliphatic carbocycles. The molecular formula is C82H94BN3. The second-order valence-corrected chi connectivity index (χ2v) is 33.5. The van der Waals surface area contributed by atoms with Gasteiger partial charge in [0.15, 0.2) is 0 Å². The van der Waals surface area contributed by atoms with E-state index in [1.54, 1.807) is 0 Å². The molecule has 14 rings (SSSR count). The van der Waals surface area contributed by atoms with Gasteiger partial charge in [-0.05, 0) is 222 Å². The number of rotatable bonds is 4. The van der Waals surface area contributed by atoms with Gasteiger partial charge in [0.1, 0.15) is 0 Å². The number of nitrogens with zero attached hydrogens (tertiary/aromatic N) is 3. The van der Waals surface area contributed by atoms with Gasteiger partial charge >= 0.3 is 0 Å². The summed E-state index contributed by atoms with van der Waals surface area (Å²) in [5.74, 6) is 0. The fourth-order valence-corrected chi connectivity index (χ4v) is 17.1. The van der Waals surface area contributed by atoms with Gasteiger partial charge in [-0.2, -0.15) is 0 Å². The van der Waals surface area contributed by atoms with Crippen molar-refractivity contribution in [1.29, 1.82) is 0 Å². The Hall–Kier alpha value is -6.78. The predicted molar refractivity (Wildman–Crippen MR) is 371 cm³/mol. The van der Waals surface area contributed by atoms with Crippen LogP contribution in [0.5, 0.6) is 0 Å². The van der Waals surface area contributed by atoms with E-state index in [0.717, 1.165) is 32.1 Å². The van der Waals surface area contributed by atoms with Crippen LogP contribution in [0.1, 0.15) is 219 Å². The molecule has 0 N–H and O–H groups in total. The minimum Gasteiger partial charge on any atom is -0.330 e. The Morgan fingerprint density at radius 3 is 1.53 bits per heavy atom. The highest BCUT2D eigenvalue weighted by Gasteiger charge is 2.60. The minimum atomic E-state index is -0.378. The van der Waals surface area contributed by atoms with Gasteiger partial charge in [-0.3, -0.25) is 0 Å². The van der Waals surface area contributed by atoms with Gasteiger partial charge in [-0.25, -0.2) is 0 Å². The molecule has 3 aliphatic heterocycles. The van der Waals surface area contributed by atoms with Crippen LogP contribution in [0.4, 0.5) is 45.5 Å². The molecule has 0 radical (unpaired) electrons. The Morgan fingerprint density at radius 1 is 0.360 bits per heavy atom. The number of fused-ring (bicyclic) bond motifs is 11. The first-order chi connectivity index (χ1) is 40.2. The number of aryl methyl sites for hydroxylation is 1. The first kappa shape index (κ1) is 57.0. The van der Waals surface area contributed by atoms with E-state index in [2.05, 4.69) is 298 Å². The van der Waals surface area contributed by atoms with Crippen LogP contribution in [0.15, 0.2) is 152 Å². The molecule has 0 spiro atoms. The Bertz CT molecular complexity index is 4130. The predicted octanol–water partition coefficient (Wildman–Crippen LogP) is 20.3. The summed E-state index contributed by atoms with van der Waals surface area (Å²) >= 11 is 0. The zero-order chi connectivity index (χ0) is 61.0. The third-order valence-corrected chi connectivity index (χ3v) is 23.1. The molecule has 2 atom stereocenters. The lowest BCUT2D eigenvalue weighted by Gasteiger charge is -2.51. The van der Waals surface area contributed by atoms with E-state index in [1.165, 1.54) is 135 Å². The molecule has 440 valence electrons. The Morgan fingerprint density at radius 2 is 0.895 bits per heavy atom. The van der Waals surface area contributed by atoms with E-state index < -0.39 is 0 Å². The molecule has 2 unspecified atom stereocenters. The Kier molecular flexibility index (Phi) is 12.2. The summed E-state index contributed by atoms with van der Waals surface area (Å²) in [6, 6.07) is 61.7. The highest BCUT2D eigenvalue weighted by atomic mass is 15.3. The summed E-state index contributed by atoms with van der Waals surface area (Å²) in [4.78, 5) is 8.31. The fraction of sp³-hybridized carbons (Fsp3) is 0.415. The van der Waals surface area contributed by atoms with Gasteiger partial charge in [0, 0.05) is 50.8 Å². The van der Waals surface area contributed by atoms with Gasteiger partial charge < -0.3 is 14.7 Å². The van der Waals surface area contributed by atoms with E-state index in [4.69, 9.17) is 0 Å². The van der Waals surface area contributed by atoms with Crippen LogP contribution < -0.4 is 31.1 Å². The van der Waals surface area contributed by atoms with Crippen molar-refractivity contribution in [3.05, 3.63) is 207 Å². The molecular weight excluding hydrogens is 1040 g/mol. The summed E-state index contributed by atoms with van der Waals surface area (Å²) < 4.78 is 0. The molecule has 0 bridgehead atoms. The third-order valence-electron chi connectivity index (χ3n) is 23.1. The van der Waals surface area contributed by atoms with Crippen LogP contribution in [0.25, 0.3) is 11.1 Å². The van der Waals surface area contributed by atoms with Crippen LogP contribution in [-0.2, 0) is 55.3 Å². The number of hydrogen-bond acceptors (Lipinski definition) is 3. The van der Waals surface area contributed by atoms with Crippen molar-refractivity contribution in [2.45, 2.75) is 219 Å². The van der Waals surface area contributed by atoms with E-state index >= 15 is 0 Å². The van der Waals surface area contributed by atoms with Gasteiger partial charge in [0.05, 0.1) is 11.2 Å². The lowest BCUT2D eigenvalue weighted by Crippen LogP contribution is -2.62. The summed E-state index contributed by atoms with van der Waals surface area (Å²) in [5, 5.41) is 0. The summed E-state index contributed by atoms with van der Waals surface area (Å²) in [5.41, 5.74) is 30.6. The largest absolute Gasteiger partial charge is 0.330 e. The smallest absolute Gasteiger partial charge is 0.252 e. The fourth-order valence-electron chi connectivity index (χ4n) is 17.1. The molecule has 8 aromatic carbocycles. The van der Waals surface area contributed by atoms with Crippen molar-refractivity contribution >= 4 is 68.6 Å². The first-order valence-electron chi connectivity index (χ1n) is 32.7. The molecule has 3 nitrogen and oxygen atoms in total.